The summed E-state index contributed by atoms with van der Waals surface area (Å²) in [6, 6.07) is 12.1. The predicted octanol–water partition coefficient (Wildman–Crippen LogP) is 4.46. The number of aryl methyl sites for hydroxylation is 3. The number of hydrogen-bond acceptors (Lipinski definition) is 4. The Bertz CT molecular complexity index is 1150. The van der Waals surface area contributed by atoms with Crippen LogP contribution in [0, 0.1) is 20.8 Å². The third-order valence-electron chi connectivity index (χ3n) is 5.82. The molecular formula is C25H30N4O3. The Morgan fingerprint density at radius 2 is 1.84 bits per heavy atom. The molecule has 1 amide bonds. The van der Waals surface area contributed by atoms with Crippen LogP contribution in [0.25, 0.3) is 0 Å². The lowest BCUT2D eigenvalue weighted by molar-refractivity contribution is 0.0696. The zero-order chi connectivity index (χ0) is 23.4. The second-order valence-electron chi connectivity index (χ2n) is 7.94. The molecule has 0 aliphatic carbocycles. The van der Waals surface area contributed by atoms with E-state index in [1.165, 1.54) is 11.6 Å². The number of anilines is 2. The van der Waals surface area contributed by atoms with Crippen LogP contribution in [-0.2, 0) is 13.0 Å². The maximum absolute atomic E-state index is 12.9. The first-order valence-electron chi connectivity index (χ1n) is 10.7. The molecule has 7 heteroatoms. The van der Waals surface area contributed by atoms with Crippen LogP contribution in [0.2, 0.25) is 0 Å². The molecule has 32 heavy (non-hydrogen) atoms. The largest absolute Gasteiger partial charge is 0.478 e. The molecule has 0 unspecified atom stereocenters. The molecule has 1 aromatic heterocycles. The van der Waals surface area contributed by atoms with Gasteiger partial charge in [-0.1, -0.05) is 18.2 Å². The van der Waals surface area contributed by atoms with Gasteiger partial charge in [0, 0.05) is 31.4 Å². The highest BCUT2D eigenvalue weighted by Crippen LogP contribution is 2.28. The van der Waals surface area contributed by atoms with E-state index in [0.29, 0.717) is 17.8 Å². The molecule has 7 nitrogen and oxygen atoms in total. The molecule has 0 saturated carbocycles. The predicted molar refractivity (Wildman–Crippen MR) is 127 cm³/mol. The molecule has 0 radical (unpaired) electrons. The lowest BCUT2D eigenvalue weighted by Crippen LogP contribution is -2.23. The molecular weight excluding hydrogens is 404 g/mol. The molecule has 0 aliphatic heterocycles. The summed E-state index contributed by atoms with van der Waals surface area (Å²) in [5, 5.41) is 16.9. The van der Waals surface area contributed by atoms with E-state index < -0.39 is 5.97 Å². The lowest BCUT2D eigenvalue weighted by Gasteiger charge is -2.23. The zero-order valence-corrected chi connectivity index (χ0v) is 19.3. The monoisotopic (exact) mass is 434 g/mol. The summed E-state index contributed by atoms with van der Waals surface area (Å²) < 4.78 is 2.00. The molecule has 2 N–H and O–H groups in total. The van der Waals surface area contributed by atoms with E-state index in [1.54, 1.807) is 18.2 Å². The van der Waals surface area contributed by atoms with Gasteiger partial charge in [0.2, 0.25) is 0 Å². The second kappa shape index (κ2) is 9.68. The Kier molecular flexibility index (Phi) is 6.98. The summed E-state index contributed by atoms with van der Waals surface area (Å²) in [4.78, 5) is 26.5. The molecule has 0 saturated heterocycles. The van der Waals surface area contributed by atoms with Crippen molar-refractivity contribution in [1.29, 1.82) is 0 Å². The van der Waals surface area contributed by atoms with Crippen molar-refractivity contribution in [2.75, 3.05) is 23.8 Å². The maximum atomic E-state index is 12.9. The molecule has 0 fully saturated rings. The Hall–Kier alpha value is -3.61. The van der Waals surface area contributed by atoms with E-state index in [0.717, 1.165) is 35.6 Å². The number of carbonyl (C=O) groups excluding carboxylic acids is 1. The van der Waals surface area contributed by atoms with E-state index in [9.17, 15) is 14.7 Å². The van der Waals surface area contributed by atoms with Crippen molar-refractivity contribution in [3.8, 4) is 0 Å². The van der Waals surface area contributed by atoms with Crippen molar-refractivity contribution in [2.24, 2.45) is 0 Å². The highest BCUT2D eigenvalue weighted by molar-refractivity contribution is 6.07. The lowest BCUT2D eigenvalue weighted by atomic mass is 10.1. The van der Waals surface area contributed by atoms with E-state index in [-0.39, 0.29) is 11.5 Å². The van der Waals surface area contributed by atoms with Crippen LogP contribution >= 0.6 is 0 Å². The van der Waals surface area contributed by atoms with Gasteiger partial charge in [0.15, 0.2) is 0 Å². The number of hydrogen-bond donors (Lipinski definition) is 2. The number of carboxylic acid groups (broad SMARTS) is 1. The second-order valence-corrected chi connectivity index (χ2v) is 7.94. The van der Waals surface area contributed by atoms with Gasteiger partial charge in [0.05, 0.1) is 22.6 Å². The smallest absolute Gasteiger partial charge is 0.335 e. The minimum absolute atomic E-state index is 0.123. The van der Waals surface area contributed by atoms with Crippen molar-refractivity contribution in [1.82, 2.24) is 9.78 Å². The van der Waals surface area contributed by atoms with Crippen molar-refractivity contribution >= 4 is 23.3 Å². The normalized spacial score (nSPS) is 10.8. The molecule has 1 heterocycles. The average molecular weight is 435 g/mol. The number of nitrogens with zero attached hydrogens (tertiary/aromatic N) is 3. The molecule has 0 atom stereocenters. The molecule has 3 rings (SSSR count). The standard InChI is InChI=1S/C25H30N4O3/c1-6-29-18(4)21(17(3)27-29)13-14-28(5)23-12-11-19(25(31)32)15-22(23)26-24(30)20-10-8-7-9-16(20)2/h7-12,15H,6,13-14H2,1-5H3,(H,26,30)(H,31,32). The summed E-state index contributed by atoms with van der Waals surface area (Å²) in [5.41, 5.74) is 6.16. The van der Waals surface area contributed by atoms with Crippen molar-refractivity contribution in [3.05, 3.63) is 76.1 Å². The number of aromatic carboxylic acids is 1. The maximum Gasteiger partial charge on any atom is 0.335 e. The molecule has 0 spiro atoms. The van der Waals surface area contributed by atoms with Crippen LogP contribution < -0.4 is 10.2 Å². The number of aromatic nitrogens is 2. The number of nitrogens with one attached hydrogen (secondary N) is 1. The van der Waals surface area contributed by atoms with Gasteiger partial charge >= 0.3 is 5.97 Å². The molecule has 0 aliphatic rings. The fourth-order valence-corrected chi connectivity index (χ4v) is 3.92. The minimum Gasteiger partial charge on any atom is -0.478 e. The fraction of sp³-hybridized carbons (Fsp3) is 0.320. The van der Waals surface area contributed by atoms with E-state index >= 15 is 0 Å². The highest BCUT2D eigenvalue weighted by Gasteiger charge is 2.17. The molecule has 0 bridgehead atoms. The molecule has 3 aromatic rings. The third kappa shape index (κ3) is 4.82. The Balaban J connectivity index is 1.87. The quantitative estimate of drug-likeness (QED) is 0.547. The Labute approximate surface area is 188 Å². The number of amides is 1. The van der Waals surface area contributed by atoms with Crippen LogP contribution in [0.5, 0.6) is 0 Å². The van der Waals surface area contributed by atoms with Gasteiger partial charge < -0.3 is 15.3 Å². The van der Waals surface area contributed by atoms with Gasteiger partial charge in [0.1, 0.15) is 0 Å². The topological polar surface area (TPSA) is 87.5 Å². The third-order valence-corrected chi connectivity index (χ3v) is 5.82. The van der Waals surface area contributed by atoms with Crippen molar-refractivity contribution < 1.29 is 14.7 Å². The first-order valence-corrected chi connectivity index (χ1v) is 10.7. The van der Waals surface area contributed by atoms with Crippen LogP contribution in [0.1, 0.15) is 50.2 Å². The number of benzene rings is 2. The summed E-state index contributed by atoms with van der Waals surface area (Å²) in [5.74, 6) is -1.31. The Morgan fingerprint density at radius 3 is 2.47 bits per heavy atom. The van der Waals surface area contributed by atoms with Crippen LogP contribution in [0.15, 0.2) is 42.5 Å². The van der Waals surface area contributed by atoms with Crippen LogP contribution in [0.4, 0.5) is 11.4 Å². The average Bonchev–Trinajstić information content (AvgIpc) is 3.04. The summed E-state index contributed by atoms with van der Waals surface area (Å²) in [6.07, 6.45) is 0.792. The van der Waals surface area contributed by atoms with Crippen molar-refractivity contribution in [3.63, 3.8) is 0 Å². The first kappa shape index (κ1) is 23.1. The number of carbonyl (C=O) groups is 2. The molecule has 168 valence electrons. The van der Waals surface area contributed by atoms with Gasteiger partial charge in [0.25, 0.3) is 5.91 Å². The zero-order valence-electron chi connectivity index (χ0n) is 19.3. The van der Waals surface area contributed by atoms with E-state index in [1.807, 2.05) is 48.7 Å². The van der Waals surface area contributed by atoms with Gasteiger partial charge in [-0.3, -0.25) is 9.48 Å². The fourth-order valence-electron chi connectivity index (χ4n) is 3.92. The number of rotatable bonds is 8. The summed E-state index contributed by atoms with van der Waals surface area (Å²) in [6.45, 7) is 9.56. The van der Waals surface area contributed by atoms with Gasteiger partial charge in [-0.25, -0.2) is 4.79 Å². The Morgan fingerprint density at radius 1 is 1.12 bits per heavy atom. The highest BCUT2D eigenvalue weighted by atomic mass is 16.4. The van der Waals surface area contributed by atoms with Crippen molar-refractivity contribution in [2.45, 2.75) is 40.7 Å². The number of carboxylic acids is 1. The SMILES string of the molecule is CCn1nc(C)c(CCN(C)c2ccc(C(=O)O)cc2NC(=O)c2ccccc2C)c1C. The van der Waals surface area contributed by atoms with Gasteiger partial charge in [-0.15, -0.1) is 0 Å². The summed E-state index contributed by atoms with van der Waals surface area (Å²) in [7, 11) is 1.94. The van der Waals surface area contributed by atoms with Crippen LogP contribution in [0.3, 0.4) is 0 Å². The molecule has 2 aromatic carbocycles. The van der Waals surface area contributed by atoms with Gasteiger partial charge in [-0.2, -0.15) is 5.10 Å². The van der Waals surface area contributed by atoms with E-state index in [2.05, 4.69) is 24.3 Å². The summed E-state index contributed by atoms with van der Waals surface area (Å²) >= 11 is 0. The minimum atomic E-state index is -1.04. The number of likely N-dealkylation sites (N-methyl/N-ethyl adjacent to an activating group) is 1. The van der Waals surface area contributed by atoms with Crippen LogP contribution in [-0.4, -0.2) is 40.4 Å². The first-order chi connectivity index (χ1) is 15.2. The van der Waals surface area contributed by atoms with Gasteiger partial charge in [-0.05, 0) is 69.5 Å². The van der Waals surface area contributed by atoms with E-state index in [4.69, 9.17) is 0 Å².